The molecule has 0 spiro atoms. The summed E-state index contributed by atoms with van der Waals surface area (Å²) < 4.78 is 11.2. The number of ether oxygens (including phenoxy) is 2. The Balaban J connectivity index is 1.80. The number of unbranched alkanes of at least 4 members (excludes halogenated alkanes) is 5. The number of carboxylic acids is 1. The molecule has 0 amide bonds. The van der Waals surface area contributed by atoms with Crippen molar-refractivity contribution in [3.8, 4) is 22.6 Å². The van der Waals surface area contributed by atoms with Crippen LogP contribution in [-0.4, -0.2) is 23.8 Å². The van der Waals surface area contributed by atoms with E-state index in [2.05, 4.69) is 6.92 Å². The van der Waals surface area contributed by atoms with E-state index in [4.69, 9.17) is 14.6 Å². The van der Waals surface area contributed by atoms with Crippen molar-refractivity contribution in [3.63, 3.8) is 0 Å². The lowest BCUT2D eigenvalue weighted by atomic mass is 10.1. The summed E-state index contributed by atoms with van der Waals surface area (Å²) >= 11 is 0. The van der Waals surface area contributed by atoms with Gasteiger partial charge in [-0.15, -0.1) is 0 Å². The minimum absolute atomic E-state index is 0.549. The quantitative estimate of drug-likeness (QED) is 0.469. The first kappa shape index (κ1) is 20.8. The number of aliphatic carboxylic acids is 1. The van der Waals surface area contributed by atoms with Crippen LogP contribution in [0.15, 0.2) is 48.5 Å². The summed E-state index contributed by atoms with van der Waals surface area (Å²) in [4.78, 5) is 10.8. The molecule has 0 bridgehead atoms. The Morgan fingerprint density at radius 2 is 1.37 bits per heavy atom. The van der Waals surface area contributed by atoms with Crippen LogP contribution in [0.25, 0.3) is 11.1 Å². The fourth-order valence-corrected chi connectivity index (χ4v) is 2.80. The van der Waals surface area contributed by atoms with Gasteiger partial charge in [-0.2, -0.15) is 0 Å². The van der Waals surface area contributed by atoms with Crippen molar-refractivity contribution in [2.75, 3.05) is 6.61 Å². The van der Waals surface area contributed by atoms with Gasteiger partial charge in [0.25, 0.3) is 0 Å². The molecule has 0 heterocycles. The number of carbonyl (C=O) groups is 1. The zero-order chi connectivity index (χ0) is 19.5. The van der Waals surface area contributed by atoms with Crippen molar-refractivity contribution < 1.29 is 19.4 Å². The Morgan fingerprint density at radius 3 is 1.93 bits per heavy atom. The molecule has 27 heavy (non-hydrogen) atoms. The maximum absolute atomic E-state index is 10.8. The van der Waals surface area contributed by atoms with Gasteiger partial charge in [0, 0.05) is 0 Å². The van der Waals surface area contributed by atoms with E-state index in [-0.39, 0.29) is 0 Å². The molecule has 0 aliphatic rings. The first-order valence-electron chi connectivity index (χ1n) is 9.83. The Labute approximate surface area is 162 Å². The molecule has 4 heteroatoms. The molecule has 2 aromatic carbocycles. The van der Waals surface area contributed by atoms with Crippen molar-refractivity contribution in [1.29, 1.82) is 0 Å². The molecular formula is C23H30O4. The van der Waals surface area contributed by atoms with Crippen LogP contribution in [0.3, 0.4) is 0 Å². The van der Waals surface area contributed by atoms with Crippen LogP contribution in [0, 0.1) is 0 Å². The standard InChI is InChI=1S/C23H30O4/c1-3-4-5-6-7-8-17-26-21-13-9-19(10-14-21)20-11-15-22(16-12-20)27-18(2)23(24)25/h9-16,18H,3-8,17H2,1-2H3,(H,24,25)/t18-/m1/s1. The molecule has 0 unspecified atom stereocenters. The number of benzene rings is 2. The molecule has 0 aliphatic carbocycles. The average molecular weight is 370 g/mol. The van der Waals surface area contributed by atoms with E-state index in [1.54, 1.807) is 12.1 Å². The predicted octanol–water partition coefficient (Wildman–Crippen LogP) is 5.94. The average Bonchev–Trinajstić information content (AvgIpc) is 2.68. The second-order valence-corrected chi connectivity index (χ2v) is 6.76. The molecule has 1 N–H and O–H groups in total. The van der Waals surface area contributed by atoms with Gasteiger partial charge in [-0.3, -0.25) is 0 Å². The Hall–Kier alpha value is -2.49. The van der Waals surface area contributed by atoms with Crippen molar-refractivity contribution in [1.82, 2.24) is 0 Å². The van der Waals surface area contributed by atoms with Gasteiger partial charge in [-0.05, 0) is 48.7 Å². The van der Waals surface area contributed by atoms with E-state index in [9.17, 15) is 4.79 Å². The van der Waals surface area contributed by atoms with E-state index in [0.29, 0.717) is 5.75 Å². The minimum atomic E-state index is -0.976. The largest absolute Gasteiger partial charge is 0.494 e. The summed E-state index contributed by atoms with van der Waals surface area (Å²) in [5.74, 6) is 0.464. The van der Waals surface area contributed by atoms with Crippen LogP contribution in [0.1, 0.15) is 52.4 Å². The molecule has 0 radical (unpaired) electrons. The summed E-state index contributed by atoms with van der Waals surface area (Å²) in [7, 11) is 0. The van der Waals surface area contributed by atoms with Gasteiger partial charge in [0.05, 0.1) is 6.61 Å². The maximum Gasteiger partial charge on any atom is 0.344 e. The SMILES string of the molecule is CCCCCCCCOc1ccc(-c2ccc(O[C@H](C)C(=O)O)cc2)cc1. The van der Waals surface area contributed by atoms with Gasteiger partial charge in [-0.25, -0.2) is 4.79 Å². The zero-order valence-electron chi connectivity index (χ0n) is 16.3. The molecule has 2 aromatic rings. The fourth-order valence-electron chi connectivity index (χ4n) is 2.80. The monoisotopic (exact) mass is 370 g/mol. The summed E-state index contributed by atoms with van der Waals surface area (Å²) in [6, 6.07) is 15.5. The smallest absolute Gasteiger partial charge is 0.344 e. The second kappa shape index (κ2) is 11.3. The van der Waals surface area contributed by atoms with Crippen LogP contribution in [0.5, 0.6) is 11.5 Å². The van der Waals surface area contributed by atoms with E-state index in [0.717, 1.165) is 29.9 Å². The lowest BCUT2D eigenvalue weighted by molar-refractivity contribution is -0.144. The van der Waals surface area contributed by atoms with Gasteiger partial charge in [-0.1, -0.05) is 63.3 Å². The molecule has 0 fully saturated rings. The summed E-state index contributed by atoms with van der Waals surface area (Å²) in [5.41, 5.74) is 2.13. The van der Waals surface area contributed by atoms with Gasteiger partial charge in [0.1, 0.15) is 11.5 Å². The highest BCUT2D eigenvalue weighted by molar-refractivity contribution is 5.72. The molecule has 1 atom stereocenters. The van der Waals surface area contributed by atoms with E-state index >= 15 is 0 Å². The molecule has 2 rings (SSSR count). The highest BCUT2D eigenvalue weighted by Crippen LogP contribution is 2.25. The van der Waals surface area contributed by atoms with E-state index < -0.39 is 12.1 Å². The molecule has 0 saturated carbocycles. The van der Waals surface area contributed by atoms with Gasteiger partial charge >= 0.3 is 5.97 Å². The first-order valence-corrected chi connectivity index (χ1v) is 9.83. The Kier molecular flexibility index (Phi) is 8.69. The molecule has 0 aliphatic heterocycles. The highest BCUT2D eigenvalue weighted by Gasteiger charge is 2.12. The molecule has 0 aromatic heterocycles. The number of carboxylic acid groups (broad SMARTS) is 1. The molecular weight excluding hydrogens is 340 g/mol. The third-order valence-corrected chi connectivity index (χ3v) is 4.47. The Morgan fingerprint density at radius 1 is 0.852 bits per heavy atom. The van der Waals surface area contributed by atoms with Crippen LogP contribution >= 0.6 is 0 Å². The van der Waals surface area contributed by atoms with Crippen LogP contribution in [0.2, 0.25) is 0 Å². The minimum Gasteiger partial charge on any atom is -0.494 e. The molecule has 0 saturated heterocycles. The van der Waals surface area contributed by atoms with E-state index in [1.165, 1.54) is 39.0 Å². The van der Waals surface area contributed by atoms with Crippen LogP contribution in [0.4, 0.5) is 0 Å². The van der Waals surface area contributed by atoms with Crippen molar-refractivity contribution >= 4 is 5.97 Å². The van der Waals surface area contributed by atoms with Gasteiger partial charge in [0.2, 0.25) is 0 Å². The lowest BCUT2D eigenvalue weighted by Crippen LogP contribution is -2.22. The van der Waals surface area contributed by atoms with E-state index in [1.807, 2.05) is 36.4 Å². The summed E-state index contributed by atoms with van der Waals surface area (Å²) in [6.45, 7) is 4.51. The third-order valence-electron chi connectivity index (χ3n) is 4.47. The second-order valence-electron chi connectivity index (χ2n) is 6.76. The van der Waals surface area contributed by atoms with Gasteiger partial charge in [0.15, 0.2) is 6.10 Å². The lowest BCUT2D eigenvalue weighted by Gasteiger charge is -2.11. The number of hydrogen-bond donors (Lipinski definition) is 1. The topological polar surface area (TPSA) is 55.8 Å². The summed E-state index contributed by atoms with van der Waals surface area (Å²) in [5, 5.41) is 8.89. The maximum atomic E-state index is 10.8. The highest BCUT2D eigenvalue weighted by atomic mass is 16.5. The third kappa shape index (κ3) is 7.33. The number of rotatable bonds is 12. The fraction of sp³-hybridized carbons (Fsp3) is 0.435. The Bertz CT molecular complexity index is 677. The van der Waals surface area contributed by atoms with Crippen molar-refractivity contribution in [2.45, 2.75) is 58.5 Å². The van der Waals surface area contributed by atoms with Crippen LogP contribution in [-0.2, 0) is 4.79 Å². The van der Waals surface area contributed by atoms with Crippen molar-refractivity contribution in [3.05, 3.63) is 48.5 Å². The summed E-state index contributed by atoms with van der Waals surface area (Å²) in [6.07, 6.45) is 6.69. The molecule has 4 nitrogen and oxygen atoms in total. The molecule has 146 valence electrons. The van der Waals surface area contributed by atoms with Crippen molar-refractivity contribution in [2.24, 2.45) is 0 Å². The predicted molar refractivity (Wildman–Crippen MR) is 108 cm³/mol. The van der Waals surface area contributed by atoms with Gasteiger partial charge < -0.3 is 14.6 Å². The van der Waals surface area contributed by atoms with Crippen LogP contribution < -0.4 is 9.47 Å². The number of hydrogen-bond acceptors (Lipinski definition) is 3. The normalized spacial score (nSPS) is 11.8. The zero-order valence-corrected chi connectivity index (χ0v) is 16.3. The first-order chi connectivity index (χ1) is 13.1.